The van der Waals surface area contributed by atoms with Gasteiger partial charge in [-0.05, 0) is 25.5 Å². The van der Waals surface area contributed by atoms with Crippen molar-refractivity contribution >= 4 is 5.82 Å². The van der Waals surface area contributed by atoms with Crippen molar-refractivity contribution in [1.82, 2.24) is 10.2 Å². The number of rotatable bonds is 3. The lowest BCUT2D eigenvalue weighted by molar-refractivity contribution is 0.269. The molecule has 1 rings (SSSR count). The molecule has 1 aromatic rings. The van der Waals surface area contributed by atoms with E-state index in [1.807, 2.05) is 31.9 Å². The first-order chi connectivity index (χ1) is 6.15. The third-order valence-electron chi connectivity index (χ3n) is 2.07. The van der Waals surface area contributed by atoms with Crippen molar-refractivity contribution < 1.29 is 5.11 Å². The van der Waals surface area contributed by atoms with E-state index in [1.165, 1.54) is 0 Å². The molecule has 0 aliphatic carbocycles. The summed E-state index contributed by atoms with van der Waals surface area (Å²) in [4.78, 5) is 1.90. The second kappa shape index (κ2) is 4.18. The van der Waals surface area contributed by atoms with E-state index in [0.29, 0.717) is 0 Å². The fourth-order valence-electron chi connectivity index (χ4n) is 0.969. The lowest BCUT2D eigenvalue weighted by Gasteiger charge is -2.23. The Morgan fingerprint density at radius 1 is 1.62 bits per heavy atom. The van der Waals surface area contributed by atoms with Gasteiger partial charge in [-0.15, -0.1) is 5.10 Å². The summed E-state index contributed by atoms with van der Waals surface area (Å²) in [5.74, 6) is 0.793. The van der Waals surface area contributed by atoms with Crippen molar-refractivity contribution in [2.45, 2.75) is 19.9 Å². The molecule has 1 aromatic heterocycles. The van der Waals surface area contributed by atoms with Crippen LogP contribution < -0.4 is 4.90 Å². The number of aliphatic hydroxyl groups excluding tert-OH is 1. The van der Waals surface area contributed by atoms with Gasteiger partial charge in [-0.2, -0.15) is 5.10 Å². The average molecular weight is 181 g/mol. The normalized spacial score (nSPS) is 12.6. The highest BCUT2D eigenvalue weighted by atomic mass is 16.3. The van der Waals surface area contributed by atoms with Crippen LogP contribution in [0.3, 0.4) is 0 Å². The van der Waals surface area contributed by atoms with Crippen LogP contribution >= 0.6 is 0 Å². The van der Waals surface area contributed by atoms with Crippen molar-refractivity contribution in [2.75, 3.05) is 18.6 Å². The summed E-state index contributed by atoms with van der Waals surface area (Å²) in [5, 5.41) is 16.8. The van der Waals surface area contributed by atoms with Crippen LogP contribution in [0.5, 0.6) is 0 Å². The molecule has 1 N–H and O–H groups in total. The van der Waals surface area contributed by atoms with Gasteiger partial charge in [0.2, 0.25) is 0 Å². The molecule has 0 saturated heterocycles. The topological polar surface area (TPSA) is 49.2 Å². The van der Waals surface area contributed by atoms with Crippen LogP contribution in [0.2, 0.25) is 0 Å². The predicted molar refractivity (Wildman–Crippen MR) is 51.7 cm³/mol. The molecule has 4 heteroatoms. The number of hydrogen-bond donors (Lipinski definition) is 1. The molecule has 1 atom stereocenters. The van der Waals surface area contributed by atoms with Gasteiger partial charge in [0, 0.05) is 7.05 Å². The minimum atomic E-state index is 0.0658. The van der Waals surface area contributed by atoms with Crippen LogP contribution in [-0.4, -0.2) is 35.0 Å². The average Bonchev–Trinajstić information content (AvgIpc) is 2.15. The van der Waals surface area contributed by atoms with Gasteiger partial charge in [0.15, 0.2) is 5.82 Å². The molecule has 0 spiro atoms. The quantitative estimate of drug-likeness (QED) is 0.742. The Labute approximate surface area is 78.2 Å². The summed E-state index contributed by atoms with van der Waals surface area (Å²) >= 11 is 0. The van der Waals surface area contributed by atoms with Crippen LogP contribution in [-0.2, 0) is 0 Å². The van der Waals surface area contributed by atoms with Crippen molar-refractivity contribution in [3.63, 3.8) is 0 Å². The number of hydrogen-bond acceptors (Lipinski definition) is 4. The van der Waals surface area contributed by atoms with Crippen LogP contribution in [0.1, 0.15) is 12.5 Å². The fourth-order valence-corrected chi connectivity index (χ4v) is 0.969. The maximum Gasteiger partial charge on any atom is 0.151 e. The van der Waals surface area contributed by atoms with Crippen molar-refractivity contribution in [1.29, 1.82) is 0 Å². The van der Waals surface area contributed by atoms with Gasteiger partial charge in [0.1, 0.15) is 0 Å². The lowest BCUT2D eigenvalue weighted by atomic mass is 10.3. The molecule has 13 heavy (non-hydrogen) atoms. The Morgan fingerprint density at radius 2 is 2.31 bits per heavy atom. The molecule has 0 fully saturated rings. The van der Waals surface area contributed by atoms with Crippen LogP contribution in [0, 0.1) is 6.92 Å². The molecule has 72 valence electrons. The second-order valence-corrected chi connectivity index (χ2v) is 3.23. The summed E-state index contributed by atoms with van der Waals surface area (Å²) in [6.45, 7) is 4.02. The first-order valence-corrected chi connectivity index (χ1v) is 4.28. The molecular formula is C9H15N3O. The molecule has 0 amide bonds. The first kappa shape index (κ1) is 9.92. The van der Waals surface area contributed by atoms with Gasteiger partial charge in [-0.25, -0.2) is 0 Å². The number of anilines is 1. The maximum absolute atomic E-state index is 8.95. The Bertz CT molecular complexity index is 277. The van der Waals surface area contributed by atoms with Crippen molar-refractivity contribution in [3.8, 4) is 0 Å². The minimum Gasteiger partial charge on any atom is -0.394 e. The zero-order chi connectivity index (χ0) is 9.84. The highest BCUT2D eigenvalue weighted by molar-refractivity contribution is 5.38. The van der Waals surface area contributed by atoms with E-state index in [1.54, 1.807) is 6.20 Å². The molecule has 0 radical (unpaired) electrons. The predicted octanol–water partition coefficient (Wildman–Crippen LogP) is 0.602. The maximum atomic E-state index is 8.95. The Hall–Kier alpha value is -1.16. The van der Waals surface area contributed by atoms with E-state index in [0.717, 1.165) is 11.4 Å². The third kappa shape index (κ3) is 2.39. The molecule has 0 aliphatic heterocycles. The summed E-state index contributed by atoms with van der Waals surface area (Å²) in [7, 11) is 1.89. The van der Waals surface area contributed by atoms with E-state index in [-0.39, 0.29) is 12.6 Å². The van der Waals surface area contributed by atoms with Crippen molar-refractivity contribution in [2.24, 2.45) is 0 Å². The van der Waals surface area contributed by atoms with Gasteiger partial charge in [0.05, 0.1) is 18.8 Å². The molecule has 4 nitrogen and oxygen atoms in total. The van der Waals surface area contributed by atoms with E-state index in [9.17, 15) is 0 Å². The standard InChI is InChI=1S/C9H15N3O/c1-7-4-9(11-10-5-7)12(3)8(2)6-13/h4-5,8,13H,6H2,1-3H3. The van der Waals surface area contributed by atoms with E-state index in [2.05, 4.69) is 10.2 Å². The lowest BCUT2D eigenvalue weighted by Crippen LogP contribution is -2.32. The largest absolute Gasteiger partial charge is 0.394 e. The zero-order valence-electron chi connectivity index (χ0n) is 8.23. The number of aryl methyl sites for hydroxylation is 1. The van der Waals surface area contributed by atoms with Gasteiger partial charge in [0.25, 0.3) is 0 Å². The van der Waals surface area contributed by atoms with Crippen LogP contribution in [0.25, 0.3) is 0 Å². The summed E-state index contributed by atoms with van der Waals surface area (Å²) in [6, 6.07) is 2.01. The summed E-state index contributed by atoms with van der Waals surface area (Å²) < 4.78 is 0. The zero-order valence-corrected chi connectivity index (χ0v) is 8.23. The SMILES string of the molecule is Cc1cnnc(N(C)C(C)CO)c1. The summed E-state index contributed by atoms with van der Waals surface area (Å²) in [6.07, 6.45) is 1.71. The first-order valence-electron chi connectivity index (χ1n) is 4.28. The second-order valence-electron chi connectivity index (χ2n) is 3.23. The monoisotopic (exact) mass is 181 g/mol. The van der Waals surface area contributed by atoms with Crippen LogP contribution in [0.15, 0.2) is 12.3 Å². The summed E-state index contributed by atoms with van der Waals surface area (Å²) in [5.41, 5.74) is 1.07. The van der Waals surface area contributed by atoms with E-state index in [4.69, 9.17) is 5.11 Å². The number of aliphatic hydroxyl groups is 1. The van der Waals surface area contributed by atoms with Crippen LogP contribution in [0.4, 0.5) is 5.82 Å². The Morgan fingerprint density at radius 3 is 2.85 bits per heavy atom. The van der Waals surface area contributed by atoms with Gasteiger partial charge in [-0.3, -0.25) is 0 Å². The van der Waals surface area contributed by atoms with Gasteiger partial charge >= 0.3 is 0 Å². The fraction of sp³-hybridized carbons (Fsp3) is 0.556. The molecule has 0 saturated carbocycles. The number of nitrogens with zero attached hydrogens (tertiary/aromatic N) is 3. The van der Waals surface area contributed by atoms with E-state index < -0.39 is 0 Å². The Kier molecular flexibility index (Phi) is 3.19. The number of likely N-dealkylation sites (N-methyl/N-ethyl adjacent to an activating group) is 1. The minimum absolute atomic E-state index is 0.0658. The molecule has 0 aliphatic rings. The van der Waals surface area contributed by atoms with E-state index >= 15 is 0 Å². The molecule has 1 unspecified atom stereocenters. The van der Waals surface area contributed by atoms with Crippen molar-refractivity contribution in [3.05, 3.63) is 17.8 Å². The smallest absolute Gasteiger partial charge is 0.151 e. The highest BCUT2D eigenvalue weighted by Crippen LogP contribution is 2.11. The van der Waals surface area contributed by atoms with Gasteiger partial charge in [-0.1, -0.05) is 0 Å². The molecule has 0 aromatic carbocycles. The molecule has 1 heterocycles. The highest BCUT2D eigenvalue weighted by Gasteiger charge is 2.09. The molecule has 0 bridgehead atoms. The third-order valence-corrected chi connectivity index (χ3v) is 2.07. The Balaban J connectivity index is 2.82. The molecular weight excluding hydrogens is 166 g/mol. The van der Waals surface area contributed by atoms with Gasteiger partial charge < -0.3 is 10.0 Å². The number of aromatic nitrogens is 2.